The van der Waals surface area contributed by atoms with Crippen LogP contribution in [0.1, 0.15) is 62.0 Å². The van der Waals surface area contributed by atoms with Gasteiger partial charge in [0.1, 0.15) is 0 Å². The number of nitrogens with one attached hydrogen (secondary N) is 2. The lowest BCUT2D eigenvalue weighted by molar-refractivity contribution is -0.384. The second-order valence-corrected chi connectivity index (χ2v) is 8.91. The predicted octanol–water partition coefficient (Wildman–Crippen LogP) is 4.40. The first-order valence-electron chi connectivity index (χ1n) is 10.2. The minimum atomic E-state index is -0.438. The van der Waals surface area contributed by atoms with Crippen molar-refractivity contribution in [2.24, 2.45) is 5.92 Å². The van der Waals surface area contributed by atoms with E-state index in [1.165, 1.54) is 23.5 Å². The van der Waals surface area contributed by atoms with Crippen LogP contribution in [0.15, 0.2) is 24.3 Å². The highest BCUT2D eigenvalue weighted by Crippen LogP contribution is 2.29. The summed E-state index contributed by atoms with van der Waals surface area (Å²) >= 11 is 1.33. The van der Waals surface area contributed by atoms with E-state index in [-0.39, 0.29) is 35.5 Å². The largest absolute Gasteiger partial charge is 0.353 e. The summed E-state index contributed by atoms with van der Waals surface area (Å²) in [5.41, 5.74) is 0.0183. The van der Waals surface area contributed by atoms with E-state index in [4.69, 9.17) is 0 Å². The molecule has 0 radical (unpaired) electrons. The van der Waals surface area contributed by atoms with E-state index in [0.717, 1.165) is 43.2 Å². The number of nitrogens with zero attached hydrogens (tertiary/aromatic N) is 1. The molecule has 1 fully saturated rings. The average Bonchev–Trinajstić information content (AvgIpc) is 3.31. The maximum atomic E-state index is 12.6. The maximum Gasteiger partial charge on any atom is 0.270 e. The van der Waals surface area contributed by atoms with Gasteiger partial charge in [-0.1, -0.05) is 26.7 Å². The number of non-ortho nitro benzene ring substituents is 1. The quantitative estimate of drug-likeness (QED) is 0.491. The SMILES string of the molecule is CCCC[C@@H](C)C(=O)N[C@@H]1CC[C@H](NC(=O)c2cc3cc([N+](=O)[O-])ccc3s2)C1. The van der Waals surface area contributed by atoms with Gasteiger partial charge in [-0.15, -0.1) is 11.3 Å². The van der Waals surface area contributed by atoms with Crippen molar-refractivity contribution in [3.05, 3.63) is 39.3 Å². The third-order valence-corrected chi connectivity index (χ3v) is 6.60. The van der Waals surface area contributed by atoms with Gasteiger partial charge in [-0.05, 0) is 37.8 Å². The molecule has 1 aliphatic carbocycles. The zero-order valence-corrected chi connectivity index (χ0v) is 17.6. The van der Waals surface area contributed by atoms with Crippen LogP contribution in [0.5, 0.6) is 0 Å². The number of hydrogen-bond acceptors (Lipinski definition) is 5. The van der Waals surface area contributed by atoms with Crippen molar-refractivity contribution in [2.45, 2.75) is 64.5 Å². The summed E-state index contributed by atoms with van der Waals surface area (Å²) in [7, 11) is 0. The monoisotopic (exact) mass is 417 g/mol. The molecule has 1 aromatic carbocycles. The highest BCUT2D eigenvalue weighted by molar-refractivity contribution is 7.20. The number of amides is 2. The van der Waals surface area contributed by atoms with E-state index in [9.17, 15) is 19.7 Å². The Morgan fingerprint density at radius 1 is 1.24 bits per heavy atom. The zero-order valence-electron chi connectivity index (χ0n) is 16.8. The molecule has 1 aliphatic rings. The van der Waals surface area contributed by atoms with Crippen LogP contribution in [0, 0.1) is 16.0 Å². The molecule has 0 spiro atoms. The Morgan fingerprint density at radius 2 is 1.97 bits per heavy atom. The fourth-order valence-corrected chi connectivity index (χ4v) is 4.69. The molecule has 2 amide bonds. The fourth-order valence-electron chi connectivity index (χ4n) is 3.74. The Kier molecular flexibility index (Phi) is 6.84. The smallest absolute Gasteiger partial charge is 0.270 e. The molecule has 7 nitrogen and oxygen atoms in total. The molecule has 1 heterocycles. The van der Waals surface area contributed by atoms with Crippen LogP contribution in [-0.2, 0) is 4.79 Å². The van der Waals surface area contributed by atoms with Gasteiger partial charge in [0.2, 0.25) is 5.91 Å². The summed E-state index contributed by atoms with van der Waals surface area (Å²) in [5, 5.41) is 17.8. The molecule has 0 saturated heterocycles. The first kappa shape index (κ1) is 21.2. The normalized spacial score (nSPS) is 19.8. The first-order valence-corrected chi connectivity index (χ1v) is 11.0. The van der Waals surface area contributed by atoms with Crippen LogP contribution in [0.4, 0.5) is 5.69 Å². The van der Waals surface area contributed by atoms with Gasteiger partial charge in [-0.3, -0.25) is 19.7 Å². The molecular weight excluding hydrogens is 390 g/mol. The van der Waals surface area contributed by atoms with Gasteiger partial charge in [0.05, 0.1) is 9.80 Å². The van der Waals surface area contributed by atoms with E-state index in [1.54, 1.807) is 12.1 Å². The molecule has 0 unspecified atom stereocenters. The van der Waals surface area contributed by atoms with Gasteiger partial charge >= 0.3 is 0 Å². The van der Waals surface area contributed by atoms with E-state index in [0.29, 0.717) is 10.3 Å². The second kappa shape index (κ2) is 9.35. The Labute approximate surface area is 174 Å². The molecule has 1 aromatic heterocycles. The third kappa shape index (κ3) is 5.32. The van der Waals surface area contributed by atoms with Crippen LogP contribution in [0.2, 0.25) is 0 Å². The van der Waals surface area contributed by atoms with Crippen molar-refractivity contribution in [1.82, 2.24) is 10.6 Å². The minimum Gasteiger partial charge on any atom is -0.353 e. The standard InChI is InChI=1S/C21H27N3O4S/c1-3-4-5-13(2)20(25)22-15-6-7-16(12-15)23-21(26)19-11-14-10-17(24(27)28)8-9-18(14)29-19/h8-11,13,15-16H,3-7,12H2,1-2H3,(H,22,25)(H,23,26)/t13-,15-,16+/m1/s1. The molecule has 3 atom stereocenters. The van der Waals surface area contributed by atoms with Crippen molar-refractivity contribution in [3.8, 4) is 0 Å². The number of fused-ring (bicyclic) bond motifs is 1. The Bertz CT molecular complexity index is 910. The summed E-state index contributed by atoms with van der Waals surface area (Å²) in [6.45, 7) is 4.08. The van der Waals surface area contributed by atoms with Crippen LogP contribution >= 0.6 is 11.3 Å². The molecule has 8 heteroatoms. The Morgan fingerprint density at radius 3 is 2.66 bits per heavy atom. The lowest BCUT2D eigenvalue weighted by Gasteiger charge is -2.17. The van der Waals surface area contributed by atoms with Crippen LogP contribution < -0.4 is 10.6 Å². The Balaban J connectivity index is 1.54. The summed E-state index contributed by atoms with van der Waals surface area (Å²) in [6, 6.07) is 6.44. The first-order chi connectivity index (χ1) is 13.9. The van der Waals surface area contributed by atoms with E-state index in [1.807, 2.05) is 6.92 Å². The highest BCUT2D eigenvalue weighted by atomic mass is 32.1. The summed E-state index contributed by atoms with van der Waals surface area (Å²) in [4.78, 5) is 35.9. The molecule has 156 valence electrons. The number of nitro benzene ring substituents is 1. The summed E-state index contributed by atoms with van der Waals surface area (Å²) in [6.07, 6.45) is 5.45. The fraction of sp³-hybridized carbons (Fsp3) is 0.524. The van der Waals surface area contributed by atoms with E-state index in [2.05, 4.69) is 17.6 Å². The number of carbonyl (C=O) groups is 2. The van der Waals surface area contributed by atoms with Crippen molar-refractivity contribution in [1.29, 1.82) is 0 Å². The maximum absolute atomic E-state index is 12.6. The number of rotatable bonds is 8. The molecule has 2 aromatic rings. The van der Waals surface area contributed by atoms with Crippen LogP contribution in [0.3, 0.4) is 0 Å². The number of nitro groups is 1. The predicted molar refractivity (Wildman–Crippen MR) is 114 cm³/mol. The molecule has 29 heavy (non-hydrogen) atoms. The number of benzene rings is 1. The van der Waals surface area contributed by atoms with Crippen molar-refractivity contribution in [3.63, 3.8) is 0 Å². The van der Waals surface area contributed by atoms with E-state index < -0.39 is 4.92 Å². The van der Waals surface area contributed by atoms with Gasteiger partial charge in [-0.2, -0.15) is 0 Å². The summed E-state index contributed by atoms with van der Waals surface area (Å²) in [5.74, 6) is -0.0464. The summed E-state index contributed by atoms with van der Waals surface area (Å²) < 4.78 is 0.846. The van der Waals surface area contributed by atoms with Crippen molar-refractivity contribution >= 4 is 38.9 Å². The van der Waals surface area contributed by atoms with Gasteiger partial charge in [0.25, 0.3) is 11.6 Å². The van der Waals surface area contributed by atoms with Crippen LogP contribution in [0.25, 0.3) is 10.1 Å². The van der Waals surface area contributed by atoms with Gasteiger partial charge in [0.15, 0.2) is 0 Å². The van der Waals surface area contributed by atoms with Crippen LogP contribution in [-0.4, -0.2) is 28.8 Å². The number of unbranched alkanes of at least 4 members (excludes halogenated alkanes) is 1. The number of carbonyl (C=O) groups excluding carboxylic acids is 2. The molecule has 0 bridgehead atoms. The molecule has 3 rings (SSSR count). The third-order valence-electron chi connectivity index (χ3n) is 5.49. The molecule has 2 N–H and O–H groups in total. The zero-order chi connectivity index (χ0) is 21.0. The minimum absolute atomic E-state index is 0.0183. The molecule has 0 aliphatic heterocycles. The van der Waals surface area contributed by atoms with Gasteiger partial charge < -0.3 is 10.6 Å². The van der Waals surface area contributed by atoms with Crippen molar-refractivity contribution < 1.29 is 14.5 Å². The van der Waals surface area contributed by atoms with Gasteiger partial charge in [-0.25, -0.2) is 0 Å². The van der Waals surface area contributed by atoms with Crippen molar-refractivity contribution in [2.75, 3.05) is 0 Å². The van der Waals surface area contributed by atoms with E-state index >= 15 is 0 Å². The molecular formula is C21H27N3O4S. The Hall–Kier alpha value is -2.48. The lowest BCUT2D eigenvalue weighted by Crippen LogP contribution is -2.39. The number of hydrogen-bond donors (Lipinski definition) is 2. The number of thiophene rings is 1. The highest BCUT2D eigenvalue weighted by Gasteiger charge is 2.28. The van der Waals surface area contributed by atoms with Gasteiger partial charge in [0, 0.05) is 40.2 Å². The topological polar surface area (TPSA) is 101 Å². The second-order valence-electron chi connectivity index (χ2n) is 7.82. The lowest BCUT2D eigenvalue weighted by atomic mass is 10.0. The average molecular weight is 418 g/mol. The molecule has 1 saturated carbocycles.